The number of para-hydroxylation sites is 1. The highest BCUT2D eigenvalue weighted by Crippen LogP contribution is 2.27. The van der Waals surface area contributed by atoms with Crippen LogP contribution in [-0.4, -0.2) is 23.0 Å². The van der Waals surface area contributed by atoms with Gasteiger partial charge in [-0.15, -0.1) is 0 Å². The van der Waals surface area contributed by atoms with E-state index in [-0.39, 0.29) is 0 Å². The molecule has 2 N–H and O–H groups in total. The van der Waals surface area contributed by atoms with Crippen molar-refractivity contribution < 1.29 is 0 Å². The van der Waals surface area contributed by atoms with Gasteiger partial charge >= 0.3 is 0 Å². The highest BCUT2D eigenvalue weighted by molar-refractivity contribution is 5.90. The van der Waals surface area contributed by atoms with E-state index in [9.17, 15) is 0 Å². The van der Waals surface area contributed by atoms with E-state index in [1.165, 1.54) is 25.7 Å². The fourth-order valence-electron chi connectivity index (χ4n) is 3.41. The molecule has 1 saturated carbocycles. The Morgan fingerprint density at radius 1 is 1.19 bits per heavy atom. The third kappa shape index (κ3) is 3.18. The lowest BCUT2D eigenvalue weighted by Crippen LogP contribution is -2.34. The molecule has 0 amide bonds. The van der Waals surface area contributed by atoms with Crippen LogP contribution in [0.4, 0.5) is 5.69 Å². The van der Waals surface area contributed by atoms with Crippen LogP contribution in [0.2, 0.25) is 0 Å². The predicted octanol–water partition coefficient (Wildman–Crippen LogP) is 3.83. The van der Waals surface area contributed by atoms with Gasteiger partial charge in [-0.1, -0.05) is 25.1 Å². The maximum absolute atomic E-state index is 6.17. The van der Waals surface area contributed by atoms with Crippen LogP contribution < -0.4 is 5.73 Å². The lowest BCUT2D eigenvalue weighted by Gasteiger charge is -2.33. The number of benzene rings is 1. The molecule has 0 bridgehead atoms. The average molecular weight is 283 g/mol. The van der Waals surface area contributed by atoms with E-state index in [0.29, 0.717) is 6.04 Å². The molecule has 0 spiro atoms. The van der Waals surface area contributed by atoms with E-state index in [1.807, 2.05) is 30.3 Å². The van der Waals surface area contributed by atoms with E-state index in [0.717, 1.165) is 34.7 Å². The van der Waals surface area contributed by atoms with Crippen LogP contribution in [0.15, 0.2) is 30.3 Å². The van der Waals surface area contributed by atoms with Gasteiger partial charge in [0.15, 0.2) is 0 Å². The zero-order valence-electron chi connectivity index (χ0n) is 13.0. The SMILES string of the molecule is CC1CCC(N(C)Cc2cc(N)c3ccccc3n2)CC1. The zero-order valence-corrected chi connectivity index (χ0v) is 13.0. The van der Waals surface area contributed by atoms with Gasteiger partial charge in [0.1, 0.15) is 0 Å². The van der Waals surface area contributed by atoms with Crippen molar-refractivity contribution in [3.8, 4) is 0 Å². The second kappa shape index (κ2) is 6.02. The molecule has 0 radical (unpaired) electrons. The Hall–Kier alpha value is -1.61. The smallest absolute Gasteiger partial charge is 0.0726 e. The number of nitrogen functional groups attached to an aromatic ring is 1. The maximum atomic E-state index is 6.17. The van der Waals surface area contributed by atoms with Crippen molar-refractivity contribution >= 4 is 16.6 Å². The first-order valence-electron chi connectivity index (χ1n) is 7.98. The molecule has 21 heavy (non-hydrogen) atoms. The Kier molecular flexibility index (Phi) is 4.11. The van der Waals surface area contributed by atoms with Gasteiger partial charge in [-0.05, 0) is 50.8 Å². The first-order chi connectivity index (χ1) is 10.1. The second-order valence-corrected chi connectivity index (χ2v) is 6.55. The number of hydrogen-bond acceptors (Lipinski definition) is 3. The van der Waals surface area contributed by atoms with Gasteiger partial charge in [0, 0.05) is 23.7 Å². The van der Waals surface area contributed by atoms with Gasteiger partial charge in [0.05, 0.1) is 11.2 Å². The summed E-state index contributed by atoms with van der Waals surface area (Å²) in [6, 6.07) is 10.8. The number of nitrogens with two attached hydrogens (primary N) is 1. The van der Waals surface area contributed by atoms with Crippen LogP contribution >= 0.6 is 0 Å². The van der Waals surface area contributed by atoms with Gasteiger partial charge in [-0.3, -0.25) is 9.88 Å². The minimum atomic E-state index is 0.690. The minimum Gasteiger partial charge on any atom is -0.398 e. The minimum absolute atomic E-state index is 0.690. The van der Waals surface area contributed by atoms with Crippen LogP contribution in [0.5, 0.6) is 0 Å². The van der Waals surface area contributed by atoms with Crippen molar-refractivity contribution in [3.05, 3.63) is 36.0 Å². The molecule has 3 nitrogen and oxygen atoms in total. The summed E-state index contributed by atoms with van der Waals surface area (Å²) < 4.78 is 0. The van der Waals surface area contributed by atoms with Gasteiger partial charge in [-0.25, -0.2) is 0 Å². The number of aromatic nitrogens is 1. The molecule has 3 heteroatoms. The number of rotatable bonds is 3. The molecule has 1 aliphatic rings. The summed E-state index contributed by atoms with van der Waals surface area (Å²) in [6.45, 7) is 3.25. The molecule has 3 rings (SSSR count). The molecule has 1 aromatic heterocycles. The van der Waals surface area contributed by atoms with Crippen LogP contribution in [0.25, 0.3) is 10.9 Å². The van der Waals surface area contributed by atoms with Crippen LogP contribution in [0.3, 0.4) is 0 Å². The quantitative estimate of drug-likeness (QED) is 0.931. The van der Waals surface area contributed by atoms with Crippen molar-refractivity contribution in [2.24, 2.45) is 5.92 Å². The third-order valence-electron chi connectivity index (χ3n) is 4.82. The number of hydrogen-bond donors (Lipinski definition) is 1. The van der Waals surface area contributed by atoms with E-state index in [4.69, 9.17) is 10.7 Å². The maximum Gasteiger partial charge on any atom is 0.0726 e. The summed E-state index contributed by atoms with van der Waals surface area (Å²) in [6.07, 6.45) is 5.31. The molecule has 0 saturated heterocycles. The summed E-state index contributed by atoms with van der Waals surface area (Å²) in [5, 5.41) is 1.05. The molecule has 1 aromatic carbocycles. The summed E-state index contributed by atoms with van der Waals surface area (Å²) in [7, 11) is 2.22. The predicted molar refractivity (Wildman–Crippen MR) is 89.0 cm³/mol. The third-order valence-corrected chi connectivity index (χ3v) is 4.82. The lowest BCUT2D eigenvalue weighted by atomic mass is 9.87. The molecule has 0 aliphatic heterocycles. The fourth-order valence-corrected chi connectivity index (χ4v) is 3.41. The molecule has 112 valence electrons. The monoisotopic (exact) mass is 283 g/mol. The summed E-state index contributed by atoms with van der Waals surface area (Å²) in [5.41, 5.74) is 9.08. The number of fused-ring (bicyclic) bond motifs is 1. The van der Waals surface area contributed by atoms with Crippen molar-refractivity contribution in [3.63, 3.8) is 0 Å². The molecular weight excluding hydrogens is 258 g/mol. The Morgan fingerprint density at radius 3 is 2.67 bits per heavy atom. The summed E-state index contributed by atoms with van der Waals surface area (Å²) >= 11 is 0. The average Bonchev–Trinajstić information content (AvgIpc) is 2.48. The standard InChI is InChI=1S/C18H25N3/c1-13-7-9-15(10-8-13)21(2)12-14-11-17(19)16-5-3-4-6-18(16)20-14/h3-6,11,13,15H,7-10,12H2,1-2H3,(H2,19,20). The van der Waals surface area contributed by atoms with Gasteiger partial charge in [0.25, 0.3) is 0 Å². The molecule has 1 fully saturated rings. The van der Waals surface area contributed by atoms with E-state index < -0.39 is 0 Å². The first-order valence-corrected chi connectivity index (χ1v) is 7.98. The topological polar surface area (TPSA) is 42.1 Å². The molecular formula is C18H25N3. The van der Waals surface area contributed by atoms with Gasteiger partial charge in [0.2, 0.25) is 0 Å². The van der Waals surface area contributed by atoms with Crippen LogP contribution in [-0.2, 0) is 6.54 Å². The Balaban J connectivity index is 1.75. The Bertz CT molecular complexity index is 615. The first kappa shape index (κ1) is 14.3. The summed E-state index contributed by atoms with van der Waals surface area (Å²) in [4.78, 5) is 7.21. The molecule has 1 heterocycles. The number of anilines is 1. The Morgan fingerprint density at radius 2 is 1.90 bits per heavy atom. The largest absolute Gasteiger partial charge is 0.398 e. The normalized spacial score (nSPS) is 22.8. The van der Waals surface area contributed by atoms with E-state index in [2.05, 4.69) is 18.9 Å². The van der Waals surface area contributed by atoms with Crippen molar-refractivity contribution in [1.29, 1.82) is 0 Å². The number of nitrogens with zero attached hydrogens (tertiary/aromatic N) is 2. The van der Waals surface area contributed by atoms with Crippen molar-refractivity contribution in [2.45, 2.75) is 45.2 Å². The van der Waals surface area contributed by atoms with Crippen LogP contribution in [0.1, 0.15) is 38.3 Å². The Labute approximate surface area is 127 Å². The van der Waals surface area contributed by atoms with Crippen molar-refractivity contribution in [2.75, 3.05) is 12.8 Å². The van der Waals surface area contributed by atoms with E-state index in [1.54, 1.807) is 0 Å². The zero-order chi connectivity index (χ0) is 14.8. The highest BCUT2D eigenvalue weighted by Gasteiger charge is 2.22. The fraction of sp³-hybridized carbons (Fsp3) is 0.500. The molecule has 1 aliphatic carbocycles. The van der Waals surface area contributed by atoms with Crippen molar-refractivity contribution in [1.82, 2.24) is 9.88 Å². The molecule has 0 atom stereocenters. The van der Waals surface area contributed by atoms with E-state index >= 15 is 0 Å². The molecule has 2 aromatic rings. The van der Waals surface area contributed by atoms with Gasteiger partial charge < -0.3 is 5.73 Å². The van der Waals surface area contributed by atoms with Crippen LogP contribution in [0, 0.1) is 5.92 Å². The number of pyridine rings is 1. The van der Waals surface area contributed by atoms with Gasteiger partial charge in [-0.2, -0.15) is 0 Å². The summed E-state index contributed by atoms with van der Waals surface area (Å²) in [5.74, 6) is 0.893. The highest BCUT2D eigenvalue weighted by atomic mass is 15.1. The lowest BCUT2D eigenvalue weighted by molar-refractivity contribution is 0.162. The molecule has 0 unspecified atom stereocenters. The second-order valence-electron chi connectivity index (χ2n) is 6.55.